The topological polar surface area (TPSA) is 38.9 Å². The number of aromatic nitrogens is 1. The smallest absolute Gasteiger partial charge is 0.180 e. The molecule has 0 unspecified atom stereocenters. The summed E-state index contributed by atoms with van der Waals surface area (Å²) in [4.78, 5) is 5.56. The van der Waals surface area contributed by atoms with Crippen molar-refractivity contribution in [1.29, 1.82) is 0 Å². The maximum atomic E-state index is 5.81. The lowest BCUT2D eigenvalue weighted by Crippen LogP contribution is -2.22. The summed E-state index contributed by atoms with van der Waals surface area (Å²) in [5.41, 5.74) is 7.35. The van der Waals surface area contributed by atoms with E-state index in [2.05, 4.69) is 45.2 Å². The first-order chi connectivity index (χ1) is 8.71. The number of hydrogen-bond acceptors (Lipinski definition) is 3. The van der Waals surface area contributed by atoms with Crippen molar-refractivity contribution in [1.82, 2.24) is 4.98 Å². The quantitative estimate of drug-likeness (QED) is 0.892. The highest BCUT2D eigenvalue weighted by molar-refractivity contribution is 9.10. The van der Waals surface area contributed by atoms with Crippen molar-refractivity contribution in [2.45, 2.75) is 31.1 Å². The van der Waals surface area contributed by atoms with E-state index in [9.17, 15) is 0 Å². The average molecular weight is 323 g/mol. The monoisotopic (exact) mass is 322 g/mol. The molecule has 1 fully saturated rings. The molecule has 0 radical (unpaired) electrons. The third-order valence-corrected chi connectivity index (χ3v) is 5.41. The van der Waals surface area contributed by atoms with Gasteiger partial charge in [0.15, 0.2) is 5.13 Å². The van der Waals surface area contributed by atoms with Crippen LogP contribution in [0.25, 0.3) is 0 Å². The van der Waals surface area contributed by atoms with Crippen molar-refractivity contribution < 1.29 is 0 Å². The van der Waals surface area contributed by atoms with Crippen molar-refractivity contribution in [3.63, 3.8) is 0 Å². The Hall–Kier alpha value is -0.870. The van der Waals surface area contributed by atoms with E-state index in [-0.39, 0.29) is 5.41 Å². The summed E-state index contributed by atoms with van der Waals surface area (Å²) in [5.74, 6) is 0. The molecule has 0 atom stereocenters. The fraction of sp³-hybridized carbons (Fsp3) is 0.357. The molecule has 2 nitrogen and oxygen atoms in total. The zero-order chi connectivity index (χ0) is 12.6. The third-order valence-electron chi connectivity index (χ3n) is 3.85. The van der Waals surface area contributed by atoms with E-state index in [0.717, 1.165) is 4.47 Å². The minimum Gasteiger partial charge on any atom is -0.375 e. The molecule has 94 valence electrons. The fourth-order valence-electron chi connectivity index (χ4n) is 2.93. The van der Waals surface area contributed by atoms with Crippen molar-refractivity contribution >= 4 is 32.4 Å². The highest BCUT2D eigenvalue weighted by Gasteiger charge is 2.38. The minimum atomic E-state index is 0.149. The van der Waals surface area contributed by atoms with Gasteiger partial charge in [0, 0.05) is 21.0 Å². The Balaban J connectivity index is 2.09. The number of nitrogen functional groups attached to an aromatic ring is 1. The molecule has 3 rings (SSSR count). The Morgan fingerprint density at radius 1 is 1.17 bits per heavy atom. The van der Waals surface area contributed by atoms with Gasteiger partial charge in [-0.15, -0.1) is 11.3 Å². The lowest BCUT2D eigenvalue weighted by molar-refractivity contribution is 0.545. The van der Waals surface area contributed by atoms with Gasteiger partial charge in [0.2, 0.25) is 0 Å². The van der Waals surface area contributed by atoms with Gasteiger partial charge in [-0.2, -0.15) is 0 Å². The molecule has 0 spiro atoms. The molecule has 1 saturated carbocycles. The van der Waals surface area contributed by atoms with Crippen LogP contribution < -0.4 is 5.73 Å². The molecule has 4 heteroatoms. The van der Waals surface area contributed by atoms with E-state index >= 15 is 0 Å². The molecule has 1 aromatic heterocycles. The molecule has 2 N–H and O–H groups in total. The first-order valence-corrected chi connectivity index (χ1v) is 7.79. The van der Waals surface area contributed by atoms with Crippen LogP contribution in [0.5, 0.6) is 0 Å². The van der Waals surface area contributed by atoms with Gasteiger partial charge < -0.3 is 5.73 Å². The van der Waals surface area contributed by atoms with Crippen LogP contribution >= 0.6 is 27.3 Å². The van der Waals surface area contributed by atoms with Gasteiger partial charge in [0.05, 0.1) is 0 Å². The maximum absolute atomic E-state index is 5.81. The van der Waals surface area contributed by atoms with Crippen LogP contribution in [0.3, 0.4) is 0 Å². The Bertz CT molecular complexity index is 541. The van der Waals surface area contributed by atoms with Gasteiger partial charge in [-0.1, -0.05) is 40.9 Å². The molecule has 0 aliphatic heterocycles. The molecule has 2 aromatic rings. The zero-order valence-electron chi connectivity index (χ0n) is 10.0. The van der Waals surface area contributed by atoms with Crippen LogP contribution in [0.15, 0.2) is 34.9 Å². The summed E-state index contributed by atoms with van der Waals surface area (Å²) in [6, 6.07) is 8.70. The van der Waals surface area contributed by atoms with Crippen LogP contribution in [0.2, 0.25) is 0 Å². The molecular formula is C14H15BrN2S. The first kappa shape index (κ1) is 12.2. The Labute approximate surface area is 119 Å². The van der Waals surface area contributed by atoms with Crippen LogP contribution in [0, 0.1) is 0 Å². The first-order valence-electron chi connectivity index (χ1n) is 6.18. The highest BCUT2D eigenvalue weighted by Crippen LogP contribution is 2.48. The Kier molecular flexibility index (Phi) is 3.16. The molecule has 1 heterocycles. The normalized spacial score (nSPS) is 18.1. The largest absolute Gasteiger partial charge is 0.375 e. The van der Waals surface area contributed by atoms with E-state index in [1.54, 1.807) is 11.3 Å². The second-order valence-electron chi connectivity index (χ2n) is 4.86. The van der Waals surface area contributed by atoms with Crippen molar-refractivity contribution in [3.8, 4) is 0 Å². The molecule has 1 aromatic carbocycles. The summed E-state index contributed by atoms with van der Waals surface area (Å²) in [5, 5.41) is 0.674. The number of hydrogen-bond donors (Lipinski definition) is 1. The summed E-state index contributed by atoms with van der Waals surface area (Å²) in [6.45, 7) is 0. The van der Waals surface area contributed by atoms with Gasteiger partial charge >= 0.3 is 0 Å². The van der Waals surface area contributed by atoms with Gasteiger partial charge in [-0.25, -0.2) is 4.98 Å². The van der Waals surface area contributed by atoms with Crippen LogP contribution in [0.4, 0.5) is 5.13 Å². The lowest BCUT2D eigenvalue weighted by Gasteiger charge is -2.28. The van der Waals surface area contributed by atoms with E-state index < -0.39 is 0 Å². The lowest BCUT2D eigenvalue weighted by atomic mass is 9.78. The molecule has 1 aliphatic carbocycles. The second-order valence-corrected chi connectivity index (χ2v) is 6.84. The molecule has 0 bridgehead atoms. The van der Waals surface area contributed by atoms with Crippen molar-refractivity contribution in [3.05, 3.63) is 45.4 Å². The van der Waals surface area contributed by atoms with Crippen LogP contribution in [-0.2, 0) is 5.41 Å². The highest BCUT2D eigenvalue weighted by atomic mass is 79.9. The SMILES string of the molecule is Nc1ncc(C2(c3ccc(Br)cc3)CCCC2)s1. The predicted octanol–water partition coefficient (Wildman–Crippen LogP) is 4.35. The summed E-state index contributed by atoms with van der Waals surface area (Å²) >= 11 is 5.14. The Morgan fingerprint density at radius 3 is 2.39 bits per heavy atom. The number of benzene rings is 1. The van der Waals surface area contributed by atoms with Crippen molar-refractivity contribution in [2.24, 2.45) is 0 Å². The summed E-state index contributed by atoms with van der Waals surface area (Å²) in [7, 11) is 0. The van der Waals surface area contributed by atoms with Crippen LogP contribution in [-0.4, -0.2) is 4.98 Å². The number of nitrogens with zero attached hydrogens (tertiary/aromatic N) is 1. The summed E-state index contributed by atoms with van der Waals surface area (Å²) in [6.07, 6.45) is 6.95. The molecule has 0 saturated heterocycles. The van der Waals surface area contributed by atoms with E-state index in [0.29, 0.717) is 5.13 Å². The summed E-state index contributed by atoms with van der Waals surface area (Å²) < 4.78 is 1.13. The van der Waals surface area contributed by atoms with Gasteiger partial charge in [-0.05, 0) is 30.5 Å². The number of anilines is 1. The molecular weight excluding hydrogens is 308 g/mol. The maximum Gasteiger partial charge on any atom is 0.180 e. The van der Waals surface area contributed by atoms with Gasteiger partial charge in [0.25, 0.3) is 0 Å². The second kappa shape index (κ2) is 4.67. The van der Waals surface area contributed by atoms with E-state index in [4.69, 9.17) is 5.73 Å². The standard InChI is InChI=1S/C14H15BrN2S/c15-11-5-3-10(4-6-11)14(7-1-2-8-14)12-9-17-13(16)18-12/h3-6,9H,1-2,7-8H2,(H2,16,17). The number of rotatable bonds is 2. The number of thiazole rings is 1. The molecule has 18 heavy (non-hydrogen) atoms. The predicted molar refractivity (Wildman–Crippen MR) is 79.9 cm³/mol. The third kappa shape index (κ3) is 1.97. The van der Waals surface area contributed by atoms with Crippen molar-refractivity contribution in [2.75, 3.05) is 5.73 Å². The minimum absolute atomic E-state index is 0.149. The van der Waals surface area contributed by atoms with E-state index in [1.165, 1.54) is 36.1 Å². The fourth-order valence-corrected chi connectivity index (χ4v) is 4.15. The van der Waals surface area contributed by atoms with Crippen LogP contribution in [0.1, 0.15) is 36.1 Å². The number of halogens is 1. The zero-order valence-corrected chi connectivity index (χ0v) is 12.4. The molecule has 0 amide bonds. The van der Waals surface area contributed by atoms with E-state index in [1.807, 2.05) is 6.20 Å². The molecule has 1 aliphatic rings. The average Bonchev–Trinajstić information content (AvgIpc) is 2.99. The van der Waals surface area contributed by atoms with Gasteiger partial charge in [-0.3, -0.25) is 0 Å². The Morgan fingerprint density at radius 2 is 1.83 bits per heavy atom. The van der Waals surface area contributed by atoms with Gasteiger partial charge in [0.1, 0.15) is 0 Å². The number of nitrogens with two attached hydrogens (primary N) is 1.